The molecule has 1 saturated heterocycles. The number of amides is 1. The average Bonchev–Trinajstić information content (AvgIpc) is 3.53. The summed E-state index contributed by atoms with van der Waals surface area (Å²) < 4.78 is 3.42. The minimum Gasteiger partial charge on any atom is -0.306 e. The molecule has 1 aliphatic rings. The van der Waals surface area contributed by atoms with Gasteiger partial charge in [0, 0.05) is 38.0 Å². The Morgan fingerprint density at radius 1 is 1.22 bits per heavy atom. The molecule has 10 nitrogen and oxygen atoms in total. The Bertz CT molecular complexity index is 1380. The molecule has 192 valence electrons. The number of likely N-dealkylation sites (tertiary alicyclic amines) is 1. The van der Waals surface area contributed by atoms with Gasteiger partial charge in [0.05, 0.1) is 24.1 Å². The fraction of sp³-hybridized carbons (Fsp3) is 0.407. The SMILES string of the molecule is CN=NCC(C)CN1CCC(c2cc(NC(=O)c3cnn4cccnc34)n(-c3ccc(C)cc3)n2)CC1. The highest BCUT2D eigenvalue weighted by Crippen LogP contribution is 2.31. The highest BCUT2D eigenvalue weighted by atomic mass is 16.1. The number of rotatable bonds is 8. The Hall–Kier alpha value is -3.92. The van der Waals surface area contributed by atoms with Crippen molar-refractivity contribution in [1.29, 1.82) is 0 Å². The number of nitrogens with one attached hydrogen (secondary N) is 1. The number of piperidine rings is 1. The predicted molar refractivity (Wildman–Crippen MR) is 142 cm³/mol. The molecule has 1 amide bonds. The molecule has 5 rings (SSSR count). The lowest BCUT2D eigenvalue weighted by Gasteiger charge is -2.32. The van der Waals surface area contributed by atoms with E-state index >= 15 is 0 Å². The van der Waals surface area contributed by atoms with Crippen LogP contribution in [0.5, 0.6) is 0 Å². The van der Waals surface area contributed by atoms with Crippen LogP contribution in [0.4, 0.5) is 5.82 Å². The third kappa shape index (κ3) is 5.59. The van der Waals surface area contributed by atoms with E-state index < -0.39 is 0 Å². The second kappa shape index (κ2) is 11.0. The first kappa shape index (κ1) is 24.8. The minimum absolute atomic E-state index is 0.262. The zero-order valence-electron chi connectivity index (χ0n) is 21.6. The van der Waals surface area contributed by atoms with Crippen molar-refractivity contribution >= 4 is 17.4 Å². The zero-order valence-corrected chi connectivity index (χ0v) is 21.6. The van der Waals surface area contributed by atoms with Gasteiger partial charge in [-0.15, -0.1) is 0 Å². The number of anilines is 1. The van der Waals surface area contributed by atoms with Crippen molar-refractivity contribution in [3.63, 3.8) is 0 Å². The third-order valence-corrected chi connectivity index (χ3v) is 6.88. The monoisotopic (exact) mass is 499 g/mol. The molecule has 0 aliphatic carbocycles. The number of hydrogen-bond donors (Lipinski definition) is 1. The van der Waals surface area contributed by atoms with Crippen LogP contribution < -0.4 is 5.32 Å². The Labute approximate surface area is 216 Å². The van der Waals surface area contributed by atoms with E-state index in [-0.39, 0.29) is 5.91 Å². The number of benzene rings is 1. The molecule has 4 aromatic rings. The molecular formula is C27H33N9O. The van der Waals surface area contributed by atoms with Crippen molar-refractivity contribution in [3.8, 4) is 5.69 Å². The van der Waals surface area contributed by atoms with Crippen molar-refractivity contribution in [2.45, 2.75) is 32.6 Å². The first-order chi connectivity index (χ1) is 18.0. The van der Waals surface area contributed by atoms with Crippen LogP contribution in [0.3, 0.4) is 0 Å². The zero-order chi connectivity index (χ0) is 25.8. The maximum atomic E-state index is 13.3. The molecular weight excluding hydrogens is 466 g/mol. The largest absolute Gasteiger partial charge is 0.306 e. The van der Waals surface area contributed by atoms with Gasteiger partial charge in [-0.2, -0.15) is 20.4 Å². The second-order valence-electron chi connectivity index (χ2n) is 9.81. The molecule has 3 aromatic heterocycles. The number of aromatic nitrogens is 5. The quantitative estimate of drug-likeness (QED) is 0.362. The standard InChI is InChI=1S/C27H33N9O/c1-19-5-7-22(8-6-19)36-25(32-27(37)23-17-31-35-12-4-11-29-26(23)35)15-24(33-36)21-9-13-34(14-10-21)18-20(2)16-30-28-3/h4-8,11-12,15,17,20-21H,9-10,13-14,16,18H2,1-3H3,(H,32,37). The van der Waals surface area contributed by atoms with Gasteiger partial charge in [0.25, 0.3) is 5.91 Å². The lowest BCUT2D eigenvalue weighted by atomic mass is 9.93. The summed E-state index contributed by atoms with van der Waals surface area (Å²) in [4.78, 5) is 20.1. The summed E-state index contributed by atoms with van der Waals surface area (Å²) in [6.07, 6.45) is 7.03. The third-order valence-electron chi connectivity index (χ3n) is 6.88. The highest BCUT2D eigenvalue weighted by molar-refractivity contribution is 6.07. The van der Waals surface area contributed by atoms with Gasteiger partial charge in [-0.05, 0) is 57.0 Å². The predicted octanol–water partition coefficient (Wildman–Crippen LogP) is 4.37. The summed E-state index contributed by atoms with van der Waals surface area (Å²) in [5, 5.41) is 20.3. The van der Waals surface area contributed by atoms with E-state index in [0.29, 0.717) is 28.9 Å². The molecule has 10 heteroatoms. The number of azo groups is 1. The van der Waals surface area contributed by atoms with Gasteiger partial charge in [0.15, 0.2) is 5.65 Å². The van der Waals surface area contributed by atoms with E-state index in [1.54, 1.807) is 36.2 Å². The molecule has 1 fully saturated rings. The van der Waals surface area contributed by atoms with Crippen LogP contribution in [0, 0.1) is 12.8 Å². The first-order valence-corrected chi connectivity index (χ1v) is 12.8. The number of aryl methyl sites for hydroxylation is 1. The molecule has 1 atom stereocenters. The van der Waals surface area contributed by atoms with Gasteiger partial charge in [0.2, 0.25) is 0 Å². The van der Waals surface area contributed by atoms with E-state index in [0.717, 1.165) is 50.4 Å². The minimum atomic E-state index is -0.262. The maximum Gasteiger partial charge on any atom is 0.262 e. The number of carbonyl (C=O) groups is 1. The van der Waals surface area contributed by atoms with Gasteiger partial charge in [-0.1, -0.05) is 24.6 Å². The Morgan fingerprint density at radius 2 is 2.00 bits per heavy atom. The first-order valence-electron chi connectivity index (χ1n) is 12.8. The summed E-state index contributed by atoms with van der Waals surface area (Å²) in [6.45, 7) is 8.11. The topological polar surface area (TPSA) is 105 Å². The number of carbonyl (C=O) groups excluding carboxylic acids is 1. The van der Waals surface area contributed by atoms with Crippen LogP contribution in [0.1, 0.15) is 47.3 Å². The molecule has 37 heavy (non-hydrogen) atoms. The average molecular weight is 500 g/mol. The van der Waals surface area contributed by atoms with Crippen molar-refractivity contribution < 1.29 is 4.79 Å². The Morgan fingerprint density at radius 3 is 2.76 bits per heavy atom. The summed E-state index contributed by atoms with van der Waals surface area (Å²) in [6, 6.07) is 11.9. The van der Waals surface area contributed by atoms with E-state index in [2.05, 4.69) is 56.5 Å². The molecule has 1 aromatic carbocycles. The Kier molecular flexibility index (Phi) is 7.36. The van der Waals surface area contributed by atoms with Crippen LogP contribution >= 0.6 is 0 Å². The van der Waals surface area contributed by atoms with Gasteiger partial charge < -0.3 is 10.2 Å². The van der Waals surface area contributed by atoms with Crippen LogP contribution in [-0.4, -0.2) is 68.4 Å². The summed E-state index contributed by atoms with van der Waals surface area (Å²) in [5.41, 5.74) is 4.01. The molecule has 0 bridgehead atoms. The summed E-state index contributed by atoms with van der Waals surface area (Å²) in [5.74, 6) is 1.20. The van der Waals surface area contributed by atoms with Crippen LogP contribution in [-0.2, 0) is 0 Å². The van der Waals surface area contributed by atoms with Crippen molar-refractivity contribution in [3.05, 3.63) is 71.8 Å². The van der Waals surface area contributed by atoms with E-state index in [9.17, 15) is 4.79 Å². The number of nitrogens with zero attached hydrogens (tertiary/aromatic N) is 8. The van der Waals surface area contributed by atoms with Crippen LogP contribution in [0.25, 0.3) is 11.3 Å². The Balaban J connectivity index is 1.36. The fourth-order valence-corrected chi connectivity index (χ4v) is 4.87. The molecule has 1 unspecified atom stereocenters. The molecule has 4 heterocycles. The van der Waals surface area contributed by atoms with E-state index in [1.807, 2.05) is 22.9 Å². The molecule has 0 spiro atoms. The fourth-order valence-electron chi connectivity index (χ4n) is 4.87. The van der Waals surface area contributed by atoms with Crippen LogP contribution in [0.2, 0.25) is 0 Å². The van der Waals surface area contributed by atoms with Gasteiger partial charge in [-0.25, -0.2) is 14.2 Å². The molecule has 1 N–H and O–H groups in total. The van der Waals surface area contributed by atoms with Crippen molar-refractivity contribution in [1.82, 2.24) is 29.3 Å². The van der Waals surface area contributed by atoms with Crippen molar-refractivity contribution in [2.24, 2.45) is 16.1 Å². The van der Waals surface area contributed by atoms with Gasteiger partial charge in [-0.3, -0.25) is 4.79 Å². The summed E-state index contributed by atoms with van der Waals surface area (Å²) >= 11 is 0. The van der Waals surface area contributed by atoms with Crippen LogP contribution in [0.15, 0.2) is 65.2 Å². The number of hydrogen-bond acceptors (Lipinski definition) is 7. The number of fused-ring (bicyclic) bond motifs is 1. The molecule has 0 radical (unpaired) electrons. The maximum absolute atomic E-state index is 13.3. The molecule has 0 saturated carbocycles. The molecule has 1 aliphatic heterocycles. The van der Waals surface area contributed by atoms with Gasteiger partial charge >= 0.3 is 0 Å². The van der Waals surface area contributed by atoms with E-state index in [1.165, 1.54) is 5.56 Å². The second-order valence-corrected chi connectivity index (χ2v) is 9.81. The lowest BCUT2D eigenvalue weighted by molar-refractivity contribution is 0.102. The highest BCUT2D eigenvalue weighted by Gasteiger charge is 2.26. The normalized spacial score (nSPS) is 16.0. The van der Waals surface area contributed by atoms with E-state index in [4.69, 9.17) is 5.10 Å². The van der Waals surface area contributed by atoms with Crippen molar-refractivity contribution in [2.75, 3.05) is 38.5 Å². The smallest absolute Gasteiger partial charge is 0.262 e. The lowest BCUT2D eigenvalue weighted by Crippen LogP contribution is -2.36. The summed E-state index contributed by atoms with van der Waals surface area (Å²) in [7, 11) is 1.72. The van der Waals surface area contributed by atoms with Gasteiger partial charge in [0.1, 0.15) is 11.4 Å².